The number of aryl methyl sites for hydroxylation is 1. The van der Waals surface area contributed by atoms with E-state index >= 15 is 0 Å². The minimum atomic E-state index is -3.81. The molecule has 9 heteroatoms. The van der Waals surface area contributed by atoms with Crippen LogP contribution in [0, 0.1) is 6.92 Å². The summed E-state index contributed by atoms with van der Waals surface area (Å²) in [5, 5.41) is 5.01. The topological polar surface area (TPSA) is 116 Å². The average molecular weight is 336 g/mol. The Kier molecular flexibility index (Phi) is 5.74. The van der Waals surface area contributed by atoms with E-state index < -0.39 is 20.0 Å². The number of rotatable bonds is 7. The number of primary sulfonamides is 1. The summed E-state index contributed by atoms with van der Waals surface area (Å²) in [7, 11) is -7.36. The summed E-state index contributed by atoms with van der Waals surface area (Å²) in [5.41, 5.74) is 0.779. The molecule has 0 aliphatic carbocycles. The highest BCUT2D eigenvalue weighted by molar-refractivity contribution is 7.92. The third kappa shape index (κ3) is 6.00. The van der Waals surface area contributed by atoms with Gasteiger partial charge in [-0.1, -0.05) is 0 Å². The predicted octanol–water partition coefficient (Wildman–Crippen LogP) is 0.809. The van der Waals surface area contributed by atoms with Crippen LogP contribution in [0.25, 0.3) is 0 Å². The lowest BCUT2D eigenvalue weighted by molar-refractivity contribution is 0.0913. The maximum absolute atomic E-state index is 11.9. The second-order valence-electron chi connectivity index (χ2n) is 4.86. The molecule has 7 nitrogen and oxygen atoms in total. The van der Waals surface area contributed by atoms with Crippen molar-refractivity contribution in [3.63, 3.8) is 0 Å². The summed E-state index contributed by atoms with van der Waals surface area (Å²) in [6, 6.07) is 3.94. The Morgan fingerprint density at radius 2 is 1.86 bits per heavy atom. The highest BCUT2D eigenvalue weighted by atomic mass is 32.2. The number of hydrogen-bond acceptors (Lipinski definition) is 5. The van der Waals surface area contributed by atoms with Gasteiger partial charge >= 0.3 is 0 Å². The van der Waals surface area contributed by atoms with Crippen molar-refractivity contribution in [2.24, 2.45) is 5.14 Å². The van der Waals surface area contributed by atoms with Crippen LogP contribution in [0.5, 0.6) is 0 Å². The number of sulfonamides is 2. The summed E-state index contributed by atoms with van der Waals surface area (Å²) in [5.74, 6) is -0.179. The molecule has 0 saturated heterocycles. The predicted molar refractivity (Wildman–Crippen MR) is 81.0 cm³/mol. The van der Waals surface area contributed by atoms with Gasteiger partial charge < -0.3 is 4.74 Å². The van der Waals surface area contributed by atoms with Crippen LogP contribution < -0.4 is 9.86 Å². The van der Waals surface area contributed by atoms with Crippen LogP contribution in [0.15, 0.2) is 23.1 Å². The molecule has 0 aliphatic heterocycles. The molecule has 120 valence electrons. The van der Waals surface area contributed by atoms with Gasteiger partial charge in [-0.2, -0.15) is 0 Å². The first-order valence-electron chi connectivity index (χ1n) is 6.27. The molecule has 0 fully saturated rings. The smallest absolute Gasteiger partial charge is 0.238 e. The minimum Gasteiger partial charge on any atom is -0.378 e. The summed E-state index contributed by atoms with van der Waals surface area (Å²) in [4.78, 5) is -0.0638. The zero-order chi connectivity index (χ0) is 16.3. The van der Waals surface area contributed by atoms with Gasteiger partial charge in [-0.05, 0) is 44.5 Å². The maximum Gasteiger partial charge on any atom is 0.238 e. The van der Waals surface area contributed by atoms with Crippen LogP contribution in [0.2, 0.25) is 0 Å². The van der Waals surface area contributed by atoms with E-state index in [1.165, 1.54) is 18.2 Å². The Labute approximate surface area is 125 Å². The Morgan fingerprint density at radius 3 is 2.33 bits per heavy atom. The van der Waals surface area contributed by atoms with Crippen molar-refractivity contribution in [1.29, 1.82) is 0 Å². The Balaban J connectivity index is 2.84. The van der Waals surface area contributed by atoms with Gasteiger partial charge in [0.05, 0.1) is 29.0 Å². The van der Waals surface area contributed by atoms with E-state index in [0.717, 1.165) is 0 Å². The monoisotopic (exact) mass is 336 g/mol. The molecule has 0 aromatic heterocycles. The van der Waals surface area contributed by atoms with Crippen molar-refractivity contribution in [2.75, 3.05) is 17.1 Å². The summed E-state index contributed by atoms with van der Waals surface area (Å²) >= 11 is 0. The van der Waals surface area contributed by atoms with Gasteiger partial charge in [0.15, 0.2) is 0 Å². The molecule has 0 atom stereocenters. The third-order valence-corrected chi connectivity index (χ3v) is 4.74. The van der Waals surface area contributed by atoms with Crippen LogP contribution in [-0.2, 0) is 24.8 Å². The lowest BCUT2D eigenvalue weighted by Gasteiger charge is -2.12. The molecule has 0 aliphatic rings. The van der Waals surface area contributed by atoms with Crippen LogP contribution in [0.1, 0.15) is 19.4 Å². The number of anilines is 1. The van der Waals surface area contributed by atoms with Crippen molar-refractivity contribution in [3.8, 4) is 0 Å². The zero-order valence-electron chi connectivity index (χ0n) is 12.2. The van der Waals surface area contributed by atoms with Crippen molar-refractivity contribution < 1.29 is 21.6 Å². The van der Waals surface area contributed by atoms with Gasteiger partial charge in [0, 0.05) is 0 Å². The molecule has 0 saturated carbocycles. The van der Waals surface area contributed by atoms with Crippen molar-refractivity contribution in [3.05, 3.63) is 23.8 Å². The number of nitrogens with two attached hydrogens (primary N) is 1. The lowest BCUT2D eigenvalue weighted by Crippen LogP contribution is -2.22. The second kappa shape index (κ2) is 6.73. The fourth-order valence-electron chi connectivity index (χ4n) is 1.54. The van der Waals surface area contributed by atoms with Crippen LogP contribution in [-0.4, -0.2) is 35.3 Å². The Morgan fingerprint density at radius 1 is 1.24 bits per heavy atom. The minimum absolute atomic E-state index is 0.0454. The molecule has 0 spiro atoms. The molecular weight excluding hydrogens is 316 g/mol. The molecule has 1 aromatic carbocycles. The first-order valence-corrected chi connectivity index (χ1v) is 9.46. The molecule has 1 aromatic rings. The van der Waals surface area contributed by atoms with Crippen molar-refractivity contribution in [2.45, 2.75) is 31.8 Å². The number of benzene rings is 1. The molecule has 0 heterocycles. The Bertz CT molecular complexity index is 696. The molecule has 0 bridgehead atoms. The zero-order valence-corrected chi connectivity index (χ0v) is 13.8. The number of ether oxygens (including phenoxy) is 1. The number of hydrogen-bond donors (Lipinski definition) is 2. The molecule has 0 radical (unpaired) electrons. The van der Waals surface area contributed by atoms with E-state index in [-0.39, 0.29) is 23.4 Å². The fourth-order valence-corrected chi connectivity index (χ4v) is 3.12. The molecule has 0 unspecified atom stereocenters. The quantitative estimate of drug-likeness (QED) is 0.764. The van der Waals surface area contributed by atoms with Gasteiger partial charge in [-0.25, -0.2) is 22.0 Å². The highest BCUT2D eigenvalue weighted by Crippen LogP contribution is 2.20. The summed E-state index contributed by atoms with van der Waals surface area (Å²) in [6.07, 6.45) is -0.0454. The molecule has 0 amide bonds. The molecule has 1 rings (SSSR count). The van der Waals surface area contributed by atoms with Gasteiger partial charge in [0.25, 0.3) is 0 Å². The van der Waals surface area contributed by atoms with Crippen LogP contribution >= 0.6 is 0 Å². The van der Waals surface area contributed by atoms with Gasteiger partial charge in [-0.3, -0.25) is 4.72 Å². The molecular formula is C12H20N2O5S2. The van der Waals surface area contributed by atoms with E-state index in [0.29, 0.717) is 11.3 Å². The van der Waals surface area contributed by atoms with Crippen LogP contribution in [0.4, 0.5) is 5.69 Å². The van der Waals surface area contributed by atoms with Crippen molar-refractivity contribution >= 4 is 25.7 Å². The van der Waals surface area contributed by atoms with E-state index in [1.54, 1.807) is 6.92 Å². The first-order chi connectivity index (χ1) is 9.51. The maximum atomic E-state index is 11.9. The van der Waals surface area contributed by atoms with Gasteiger partial charge in [0.1, 0.15) is 0 Å². The first kappa shape index (κ1) is 17.9. The SMILES string of the molecule is Cc1cc(S(N)(=O)=O)ccc1NS(=O)(=O)CCOC(C)C. The van der Waals surface area contributed by atoms with Crippen molar-refractivity contribution in [1.82, 2.24) is 0 Å². The fraction of sp³-hybridized carbons (Fsp3) is 0.500. The summed E-state index contributed by atoms with van der Waals surface area (Å²) < 4.78 is 53.8. The lowest BCUT2D eigenvalue weighted by atomic mass is 10.2. The van der Waals surface area contributed by atoms with E-state index in [9.17, 15) is 16.8 Å². The average Bonchev–Trinajstić information content (AvgIpc) is 2.29. The van der Waals surface area contributed by atoms with E-state index in [4.69, 9.17) is 9.88 Å². The standard InChI is InChI=1S/C12H20N2O5S2/c1-9(2)19-6-7-20(15,16)14-12-5-4-11(8-10(12)3)21(13,17)18/h4-5,8-9,14H,6-7H2,1-3H3,(H2,13,17,18). The highest BCUT2D eigenvalue weighted by Gasteiger charge is 2.14. The van der Waals surface area contributed by atoms with E-state index in [1.807, 2.05) is 13.8 Å². The molecule has 21 heavy (non-hydrogen) atoms. The van der Waals surface area contributed by atoms with Gasteiger partial charge in [0.2, 0.25) is 20.0 Å². The number of nitrogens with one attached hydrogen (secondary N) is 1. The second-order valence-corrected chi connectivity index (χ2v) is 8.27. The third-order valence-electron chi connectivity index (χ3n) is 2.60. The largest absolute Gasteiger partial charge is 0.378 e. The van der Waals surface area contributed by atoms with E-state index in [2.05, 4.69) is 4.72 Å². The van der Waals surface area contributed by atoms with Gasteiger partial charge in [-0.15, -0.1) is 0 Å². The normalized spacial score (nSPS) is 12.6. The van der Waals surface area contributed by atoms with Crippen LogP contribution in [0.3, 0.4) is 0 Å². The Hall–Kier alpha value is -1.16. The summed E-state index contributed by atoms with van der Waals surface area (Å²) in [6.45, 7) is 5.31. The molecule has 3 N–H and O–H groups in total.